The van der Waals surface area contributed by atoms with Crippen molar-refractivity contribution in [1.29, 1.82) is 0 Å². The highest BCUT2D eigenvalue weighted by Crippen LogP contribution is 2.34. The van der Waals surface area contributed by atoms with Crippen LogP contribution in [0.1, 0.15) is 19.7 Å². The quantitative estimate of drug-likeness (QED) is 0.745. The predicted molar refractivity (Wildman–Crippen MR) is 73.0 cm³/mol. The van der Waals surface area contributed by atoms with Crippen molar-refractivity contribution in [3.63, 3.8) is 0 Å². The van der Waals surface area contributed by atoms with Crippen LogP contribution in [0, 0.1) is 5.82 Å². The third kappa shape index (κ3) is 1.53. The lowest BCUT2D eigenvalue weighted by atomic mass is 10.0. The second-order valence-corrected chi connectivity index (χ2v) is 6.24. The zero-order valence-electron chi connectivity index (χ0n) is 10.7. The van der Waals surface area contributed by atoms with Gasteiger partial charge in [-0.15, -0.1) is 0 Å². The van der Waals surface area contributed by atoms with E-state index in [4.69, 9.17) is 0 Å². The van der Waals surface area contributed by atoms with E-state index in [-0.39, 0.29) is 11.4 Å². The fourth-order valence-corrected chi connectivity index (χ4v) is 2.96. The molecule has 0 spiro atoms. The third-order valence-electron chi connectivity index (χ3n) is 3.93. The second-order valence-electron chi connectivity index (χ2n) is 5.32. The van der Waals surface area contributed by atoms with Crippen molar-refractivity contribution in [3.8, 4) is 0 Å². The van der Waals surface area contributed by atoms with Gasteiger partial charge >= 0.3 is 0 Å². The van der Waals surface area contributed by atoms with Gasteiger partial charge in [-0.1, -0.05) is 15.9 Å². The number of rotatable bonds is 0. The highest BCUT2D eigenvalue weighted by Gasteiger charge is 2.35. The number of likely N-dealkylation sites (N-methyl/N-ethyl adjacent to an activating group) is 1. The van der Waals surface area contributed by atoms with Crippen LogP contribution in [0.4, 0.5) is 4.39 Å². The summed E-state index contributed by atoms with van der Waals surface area (Å²) < 4.78 is 16.8. The van der Waals surface area contributed by atoms with Crippen LogP contribution in [0.5, 0.6) is 0 Å². The molecule has 0 saturated carbocycles. The molecule has 18 heavy (non-hydrogen) atoms. The molecule has 96 valence electrons. The van der Waals surface area contributed by atoms with Gasteiger partial charge in [0.25, 0.3) is 0 Å². The molecule has 0 unspecified atom stereocenters. The minimum atomic E-state index is -0.264. The molecule has 3 nitrogen and oxygen atoms in total. The maximum Gasteiger partial charge on any atom is 0.152 e. The van der Waals surface area contributed by atoms with Crippen LogP contribution < -0.4 is 0 Å². The van der Waals surface area contributed by atoms with Gasteiger partial charge in [-0.2, -0.15) is 0 Å². The third-order valence-corrected chi connectivity index (χ3v) is 4.39. The summed E-state index contributed by atoms with van der Waals surface area (Å²) in [5, 5.41) is 0. The molecule has 0 N–H and O–H groups in total. The lowest BCUT2D eigenvalue weighted by molar-refractivity contribution is 0.112. The van der Waals surface area contributed by atoms with E-state index in [1.165, 1.54) is 6.07 Å². The molecule has 0 radical (unpaired) electrons. The number of hydrogen-bond acceptors (Lipinski definition) is 2. The van der Waals surface area contributed by atoms with E-state index in [0.29, 0.717) is 5.52 Å². The Morgan fingerprint density at radius 3 is 2.78 bits per heavy atom. The van der Waals surface area contributed by atoms with Crippen LogP contribution in [0.3, 0.4) is 0 Å². The van der Waals surface area contributed by atoms with E-state index in [9.17, 15) is 4.39 Å². The largest absolute Gasteiger partial charge is 0.325 e. The Kier molecular flexibility index (Phi) is 2.54. The Morgan fingerprint density at radius 1 is 1.33 bits per heavy atom. The Labute approximate surface area is 114 Å². The van der Waals surface area contributed by atoms with Crippen molar-refractivity contribution in [2.75, 3.05) is 13.6 Å². The fraction of sp³-hybridized carbons (Fsp3) is 0.462. The average Bonchev–Trinajstić information content (AvgIpc) is 2.64. The molecule has 1 aliphatic heterocycles. The molecule has 0 bridgehead atoms. The van der Waals surface area contributed by atoms with Gasteiger partial charge in [0.15, 0.2) is 5.82 Å². The minimum Gasteiger partial charge on any atom is -0.325 e. The van der Waals surface area contributed by atoms with Gasteiger partial charge in [-0.3, -0.25) is 4.90 Å². The van der Waals surface area contributed by atoms with Crippen molar-refractivity contribution in [1.82, 2.24) is 14.5 Å². The number of benzene rings is 1. The summed E-state index contributed by atoms with van der Waals surface area (Å²) in [5.41, 5.74) is 1.17. The maximum absolute atomic E-state index is 14.0. The molecule has 0 atom stereocenters. The van der Waals surface area contributed by atoms with Gasteiger partial charge < -0.3 is 4.57 Å². The number of halogens is 2. The molecule has 1 aliphatic rings. The Morgan fingerprint density at radius 2 is 2.06 bits per heavy atom. The molecule has 2 heterocycles. The zero-order valence-corrected chi connectivity index (χ0v) is 12.3. The molecule has 1 aromatic carbocycles. The molecule has 1 aromatic heterocycles. The minimum absolute atomic E-state index is 0.170. The van der Waals surface area contributed by atoms with E-state index in [1.54, 1.807) is 0 Å². The van der Waals surface area contributed by atoms with Crippen LogP contribution in [0.25, 0.3) is 11.0 Å². The highest BCUT2D eigenvalue weighted by molar-refractivity contribution is 9.10. The predicted octanol–water partition coefficient (Wildman–Crippen LogP) is 3.12. The molecule has 5 heteroatoms. The smallest absolute Gasteiger partial charge is 0.152 e. The lowest BCUT2D eigenvalue weighted by Gasteiger charge is -2.39. The summed E-state index contributed by atoms with van der Waals surface area (Å²) in [6, 6.07) is 3.41. The van der Waals surface area contributed by atoms with Crippen LogP contribution >= 0.6 is 15.9 Å². The molecule has 0 fully saturated rings. The first-order valence-corrected chi connectivity index (χ1v) is 6.77. The fourth-order valence-electron chi connectivity index (χ4n) is 2.54. The molecule has 3 rings (SSSR count). The van der Waals surface area contributed by atoms with Crippen LogP contribution in [-0.4, -0.2) is 28.0 Å². The number of aromatic nitrogens is 2. The van der Waals surface area contributed by atoms with Crippen molar-refractivity contribution < 1.29 is 4.39 Å². The van der Waals surface area contributed by atoms with Gasteiger partial charge in [-0.25, -0.2) is 9.37 Å². The van der Waals surface area contributed by atoms with Crippen molar-refractivity contribution in [3.05, 3.63) is 28.2 Å². The summed E-state index contributed by atoms with van der Waals surface area (Å²) in [6.07, 6.45) is 0. The molecule has 2 aromatic rings. The molecule has 0 aliphatic carbocycles. The molecule has 0 saturated heterocycles. The molecule has 0 amide bonds. The molecular weight excluding hydrogens is 297 g/mol. The summed E-state index contributed by atoms with van der Waals surface area (Å²) in [4.78, 5) is 6.77. The summed E-state index contributed by atoms with van der Waals surface area (Å²) in [7, 11) is 2.08. The van der Waals surface area contributed by atoms with Crippen LogP contribution in [0.2, 0.25) is 0 Å². The van der Waals surface area contributed by atoms with Gasteiger partial charge in [0.1, 0.15) is 11.3 Å². The summed E-state index contributed by atoms with van der Waals surface area (Å²) in [5.74, 6) is 0.669. The topological polar surface area (TPSA) is 21.1 Å². The van der Waals surface area contributed by atoms with Crippen LogP contribution in [0.15, 0.2) is 16.6 Å². The van der Waals surface area contributed by atoms with E-state index >= 15 is 0 Å². The highest BCUT2D eigenvalue weighted by atomic mass is 79.9. The summed E-state index contributed by atoms with van der Waals surface area (Å²) in [6.45, 7) is 6.04. The zero-order chi connectivity index (χ0) is 13.1. The Balaban J connectivity index is 2.35. The SMILES string of the molecule is CN1CCn2c(nc3c(F)cc(Br)cc32)C1(C)C. The Bertz CT molecular complexity index is 633. The molecular formula is C13H15BrFN3. The number of nitrogens with zero attached hydrogens (tertiary/aromatic N) is 3. The van der Waals surface area contributed by atoms with Crippen molar-refractivity contribution in [2.24, 2.45) is 0 Å². The summed E-state index contributed by atoms with van der Waals surface area (Å²) >= 11 is 3.34. The van der Waals surface area contributed by atoms with Gasteiger partial charge in [0.2, 0.25) is 0 Å². The monoisotopic (exact) mass is 311 g/mol. The lowest BCUT2D eigenvalue weighted by Crippen LogP contribution is -2.46. The number of hydrogen-bond donors (Lipinski definition) is 0. The van der Waals surface area contributed by atoms with E-state index in [0.717, 1.165) is 28.9 Å². The maximum atomic E-state index is 14.0. The normalized spacial score (nSPS) is 19.2. The number of fused-ring (bicyclic) bond motifs is 3. The van der Waals surface area contributed by atoms with Crippen molar-refractivity contribution in [2.45, 2.75) is 25.9 Å². The second kappa shape index (κ2) is 3.78. The average molecular weight is 312 g/mol. The number of imidazole rings is 1. The first-order valence-electron chi connectivity index (χ1n) is 5.98. The van der Waals surface area contributed by atoms with Gasteiger partial charge in [0.05, 0.1) is 11.1 Å². The van der Waals surface area contributed by atoms with Crippen molar-refractivity contribution >= 4 is 27.0 Å². The van der Waals surface area contributed by atoms with E-state index in [1.807, 2.05) is 6.07 Å². The Hall–Kier alpha value is -0.940. The van der Waals surface area contributed by atoms with Gasteiger partial charge in [0, 0.05) is 17.6 Å². The van der Waals surface area contributed by atoms with Gasteiger partial charge in [-0.05, 0) is 33.0 Å². The van der Waals surface area contributed by atoms with E-state index in [2.05, 4.69) is 51.3 Å². The first kappa shape index (κ1) is 12.1. The first-order chi connectivity index (χ1) is 8.41. The van der Waals surface area contributed by atoms with E-state index < -0.39 is 0 Å². The van der Waals surface area contributed by atoms with Crippen LogP contribution in [-0.2, 0) is 12.1 Å². The standard InChI is InChI=1S/C13H15BrFN3/c1-13(2)12-16-11-9(15)6-8(14)7-10(11)18(12)5-4-17(13)3/h6-7H,4-5H2,1-3H3.